The summed E-state index contributed by atoms with van der Waals surface area (Å²) in [5, 5.41) is 14.5. The van der Waals surface area contributed by atoms with Gasteiger partial charge in [-0.1, -0.05) is 12.1 Å². The number of hydrogen-bond donors (Lipinski definition) is 3. The predicted molar refractivity (Wildman–Crippen MR) is 126 cm³/mol. The molecule has 0 fully saturated rings. The number of ether oxygens (including phenoxy) is 1. The number of carboxylic acids is 1. The van der Waals surface area contributed by atoms with E-state index in [9.17, 15) is 22.8 Å². The van der Waals surface area contributed by atoms with Gasteiger partial charge < -0.3 is 20.5 Å². The molecule has 1 aliphatic rings. The number of amides is 1. The quantitative estimate of drug-likeness (QED) is 0.421. The number of benzene rings is 2. The fourth-order valence-electron chi connectivity index (χ4n) is 3.60. The van der Waals surface area contributed by atoms with Crippen molar-refractivity contribution in [1.29, 1.82) is 0 Å². The lowest BCUT2D eigenvalue weighted by Gasteiger charge is -2.13. The van der Waals surface area contributed by atoms with Crippen molar-refractivity contribution in [3.05, 3.63) is 83.2 Å². The molecule has 186 valence electrons. The summed E-state index contributed by atoms with van der Waals surface area (Å²) >= 11 is 0. The highest BCUT2D eigenvalue weighted by Crippen LogP contribution is 2.34. The van der Waals surface area contributed by atoms with Crippen molar-refractivity contribution in [2.24, 2.45) is 4.99 Å². The average Bonchev–Trinajstić information content (AvgIpc) is 3.38. The van der Waals surface area contributed by atoms with Crippen molar-refractivity contribution < 1.29 is 32.6 Å². The van der Waals surface area contributed by atoms with E-state index >= 15 is 0 Å². The van der Waals surface area contributed by atoms with Gasteiger partial charge in [0.2, 0.25) is 5.91 Å². The number of carboxylic acid groups (broad SMARTS) is 1. The number of aryl methyl sites for hydroxylation is 1. The van der Waals surface area contributed by atoms with Crippen LogP contribution in [0.1, 0.15) is 33.6 Å². The SMILES string of the molecule is O=C(CCc1cccc(Oc2ccnc(C3=NCCN3)c2)c1)Nc1ccc(C(=O)O)c(C(F)(F)F)c1. The molecular weight excluding hydrogens is 477 g/mol. The number of aliphatic imine (C=N–C) groups is 1. The highest BCUT2D eigenvalue weighted by atomic mass is 19.4. The van der Waals surface area contributed by atoms with Crippen molar-refractivity contribution in [2.75, 3.05) is 18.4 Å². The van der Waals surface area contributed by atoms with Crippen LogP contribution in [0.15, 0.2) is 65.8 Å². The number of rotatable bonds is 8. The van der Waals surface area contributed by atoms with Crippen LogP contribution in [-0.4, -0.2) is 40.9 Å². The van der Waals surface area contributed by atoms with Gasteiger partial charge in [-0.2, -0.15) is 13.2 Å². The Morgan fingerprint density at radius 2 is 1.89 bits per heavy atom. The second-order valence-corrected chi connectivity index (χ2v) is 7.89. The average molecular weight is 498 g/mol. The molecule has 1 amide bonds. The first kappa shape index (κ1) is 24.7. The Bertz CT molecular complexity index is 1320. The molecule has 3 N–H and O–H groups in total. The molecule has 0 spiro atoms. The number of anilines is 1. The molecule has 1 aliphatic heterocycles. The van der Waals surface area contributed by atoms with E-state index in [0.29, 0.717) is 42.1 Å². The van der Waals surface area contributed by atoms with Crippen LogP contribution < -0.4 is 15.4 Å². The second-order valence-electron chi connectivity index (χ2n) is 7.89. The third kappa shape index (κ3) is 6.17. The minimum atomic E-state index is -4.87. The van der Waals surface area contributed by atoms with Crippen molar-refractivity contribution in [2.45, 2.75) is 19.0 Å². The molecule has 3 aromatic rings. The highest BCUT2D eigenvalue weighted by Gasteiger charge is 2.35. The van der Waals surface area contributed by atoms with Crippen LogP contribution in [0.3, 0.4) is 0 Å². The molecule has 2 heterocycles. The Morgan fingerprint density at radius 1 is 1.08 bits per heavy atom. The summed E-state index contributed by atoms with van der Waals surface area (Å²) in [5.41, 5.74) is -0.887. The van der Waals surface area contributed by atoms with Crippen molar-refractivity contribution in [1.82, 2.24) is 10.3 Å². The summed E-state index contributed by atoms with van der Waals surface area (Å²) in [6.07, 6.45) is -2.94. The zero-order valence-electron chi connectivity index (χ0n) is 18.8. The monoisotopic (exact) mass is 498 g/mol. The van der Waals surface area contributed by atoms with E-state index in [-0.39, 0.29) is 12.1 Å². The molecule has 4 rings (SSSR count). The summed E-state index contributed by atoms with van der Waals surface area (Å²) in [4.78, 5) is 32.0. The maximum atomic E-state index is 13.2. The van der Waals surface area contributed by atoms with Crippen LogP contribution in [0.2, 0.25) is 0 Å². The smallest absolute Gasteiger partial charge is 0.417 e. The molecular formula is C25H21F3N4O4. The molecule has 2 aromatic carbocycles. The minimum Gasteiger partial charge on any atom is -0.478 e. The molecule has 0 aliphatic carbocycles. The molecule has 0 radical (unpaired) electrons. The van der Waals surface area contributed by atoms with E-state index in [1.807, 2.05) is 0 Å². The number of alkyl halides is 3. The predicted octanol–water partition coefficient (Wildman–Crippen LogP) is 4.51. The fraction of sp³-hybridized carbons (Fsp3) is 0.200. The van der Waals surface area contributed by atoms with Crippen molar-refractivity contribution in [3.8, 4) is 11.5 Å². The Labute approximate surface area is 203 Å². The lowest BCUT2D eigenvalue weighted by atomic mass is 10.1. The maximum absolute atomic E-state index is 13.2. The van der Waals surface area contributed by atoms with Gasteiger partial charge in [0.15, 0.2) is 0 Å². The zero-order valence-corrected chi connectivity index (χ0v) is 18.8. The molecule has 36 heavy (non-hydrogen) atoms. The van der Waals surface area contributed by atoms with Gasteiger partial charge in [0.1, 0.15) is 23.0 Å². The van der Waals surface area contributed by atoms with Crippen molar-refractivity contribution in [3.63, 3.8) is 0 Å². The number of aromatic carboxylic acids is 1. The first-order chi connectivity index (χ1) is 17.2. The van der Waals surface area contributed by atoms with Gasteiger partial charge in [-0.25, -0.2) is 4.79 Å². The number of halogens is 3. The lowest BCUT2D eigenvalue weighted by Crippen LogP contribution is -2.20. The molecule has 0 bridgehead atoms. The number of aromatic nitrogens is 1. The first-order valence-corrected chi connectivity index (χ1v) is 10.9. The molecule has 0 saturated carbocycles. The van der Waals surface area contributed by atoms with E-state index < -0.39 is 29.2 Å². The lowest BCUT2D eigenvalue weighted by molar-refractivity contribution is -0.138. The molecule has 11 heteroatoms. The second kappa shape index (κ2) is 10.5. The first-order valence-electron chi connectivity index (χ1n) is 10.9. The Hall–Kier alpha value is -4.41. The summed E-state index contributed by atoms with van der Waals surface area (Å²) in [5.74, 6) is -0.391. The van der Waals surface area contributed by atoms with Gasteiger partial charge in [-0.3, -0.25) is 14.8 Å². The molecule has 0 atom stereocenters. The van der Waals surface area contributed by atoms with Crippen LogP contribution in [-0.2, 0) is 17.4 Å². The normalized spacial score (nSPS) is 13.0. The van der Waals surface area contributed by atoms with Gasteiger partial charge >= 0.3 is 12.1 Å². The minimum absolute atomic E-state index is 0.00359. The van der Waals surface area contributed by atoms with Crippen LogP contribution >= 0.6 is 0 Å². The van der Waals surface area contributed by atoms with Crippen LogP contribution in [0, 0.1) is 0 Å². The third-order valence-electron chi connectivity index (χ3n) is 5.26. The zero-order chi connectivity index (χ0) is 25.7. The van der Waals surface area contributed by atoms with Crippen LogP contribution in [0.25, 0.3) is 0 Å². The number of carbonyl (C=O) groups is 2. The third-order valence-corrected chi connectivity index (χ3v) is 5.26. The highest BCUT2D eigenvalue weighted by molar-refractivity contribution is 5.98. The Morgan fingerprint density at radius 3 is 2.61 bits per heavy atom. The van der Waals surface area contributed by atoms with Gasteiger partial charge in [-0.05, 0) is 48.4 Å². The van der Waals surface area contributed by atoms with E-state index in [0.717, 1.165) is 24.2 Å². The number of hydrogen-bond acceptors (Lipinski definition) is 6. The standard InChI is InChI=1S/C25H21F3N4O4/c26-25(27,28)20-13-16(5-6-19(20)24(34)35)32-22(33)7-4-15-2-1-3-17(12-15)36-18-8-9-29-21(14-18)23-30-10-11-31-23/h1-3,5-6,8-9,12-14H,4,7,10-11H2,(H,30,31)(H,32,33)(H,34,35). The van der Waals surface area contributed by atoms with E-state index in [4.69, 9.17) is 9.84 Å². The number of pyridine rings is 1. The number of amidine groups is 1. The van der Waals surface area contributed by atoms with E-state index in [1.54, 1.807) is 42.6 Å². The van der Waals surface area contributed by atoms with Gasteiger partial charge in [0, 0.05) is 30.9 Å². The van der Waals surface area contributed by atoms with Gasteiger partial charge in [-0.15, -0.1) is 0 Å². The Kier molecular flexibility index (Phi) is 7.18. The van der Waals surface area contributed by atoms with Crippen LogP contribution in [0.4, 0.5) is 18.9 Å². The van der Waals surface area contributed by atoms with E-state index in [2.05, 4.69) is 20.6 Å². The summed E-state index contributed by atoms with van der Waals surface area (Å²) in [7, 11) is 0. The fourth-order valence-corrected chi connectivity index (χ4v) is 3.60. The molecule has 0 unspecified atom stereocenters. The van der Waals surface area contributed by atoms with Gasteiger partial charge in [0.25, 0.3) is 0 Å². The number of nitrogens with one attached hydrogen (secondary N) is 2. The summed E-state index contributed by atoms with van der Waals surface area (Å²) in [6.45, 7) is 1.45. The Balaban J connectivity index is 1.38. The summed E-state index contributed by atoms with van der Waals surface area (Å²) in [6, 6.07) is 13.1. The molecule has 1 aromatic heterocycles. The van der Waals surface area contributed by atoms with Crippen molar-refractivity contribution >= 4 is 23.4 Å². The topological polar surface area (TPSA) is 113 Å². The van der Waals surface area contributed by atoms with E-state index in [1.165, 1.54) is 0 Å². The number of carbonyl (C=O) groups excluding carboxylic acids is 1. The maximum Gasteiger partial charge on any atom is 0.417 e. The summed E-state index contributed by atoms with van der Waals surface area (Å²) < 4.78 is 45.5. The molecule has 0 saturated heterocycles. The molecule has 8 nitrogen and oxygen atoms in total. The van der Waals surface area contributed by atoms with Crippen LogP contribution in [0.5, 0.6) is 11.5 Å². The number of nitrogens with zero attached hydrogens (tertiary/aromatic N) is 2. The largest absolute Gasteiger partial charge is 0.478 e. The van der Waals surface area contributed by atoms with Gasteiger partial charge in [0.05, 0.1) is 17.7 Å².